The highest BCUT2D eigenvalue weighted by Gasteiger charge is 2.09. The second kappa shape index (κ2) is 8.01. The van der Waals surface area contributed by atoms with Gasteiger partial charge in [0.05, 0.1) is 11.4 Å². The average Bonchev–Trinajstić information content (AvgIpc) is 2.57. The highest BCUT2D eigenvalue weighted by Crippen LogP contribution is 2.27. The largest absolute Gasteiger partial charge is 0.320 e. The van der Waals surface area contributed by atoms with E-state index in [1.165, 1.54) is 11.8 Å². The lowest BCUT2D eigenvalue weighted by Gasteiger charge is -2.10. The van der Waals surface area contributed by atoms with E-state index in [1.807, 2.05) is 49.7 Å². The summed E-state index contributed by atoms with van der Waals surface area (Å²) in [4.78, 5) is 16.7. The first-order valence-corrected chi connectivity index (χ1v) is 8.11. The number of amidine groups is 1. The van der Waals surface area contributed by atoms with Crippen molar-refractivity contribution in [2.45, 2.75) is 6.92 Å². The number of nitrogens with one attached hydrogen (secondary N) is 2. The van der Waals surface area contributed by atoms with Gasteiger partial charge in [-0.1, -0.05) is 36.0 Å². The Labute approximate surface area is 139 Å². The van der Waals surface area contributed by atoms with Crippen molar-refractivity contribution in [3.63, 3.8) is 0 Å². The van der Waals surface area contributed by atoms with Gasteiger partial charge in [-0.05, 0) is 43.0 Å². The number of rotatable bonds is 3. The maximum Gasteiger partial charge on any atom is 0.255 e. The number of amides is 1. The minimum atomic E-state index is -0.204. The molecule has 2 rings (SSSR count). The van der Waals surface area contributed by atoms with Crippen LogP contribution in [0, 0.1) is 18.4 Å². The van der Waals surface area contributed by atoms with Crippen molar-refractivity contribution in [2.75, 3.05) is 11.6 Å². The van der Waals surface area contributed by atoms with E-state index in [9.17, 15) is 4.79 Å². The second-order valence-electron chi connectivity index (χ2n) is 4.70. The molecule has 0 saturated heterocycles. The zero-order chi connectivity index (χ0) is 16.7. The molecule has 2 N–H and O–H groups in total. The maximum absolute atomic E-state index is 12.3. The van der Waals surface area contributed by atoms with Crippen LogP contribution in [-0.4, -0.2) is 17.3 Å². The Hall–Kier alpha value is -2.78. The number of carbonyl (C=O) groups excluding carboxylic acids is 1. The van der Waals surface area contributed by atoms with Gasteiger partial charge in [0.1, 0.15) is 0 Å². The fourth-order valence-electron chi connectivity index (χ4n) is 1.91. The van der Waals surface area contributed by atoms with Crippen molar-refractivity contribution >= 4 is 34.2 Å². The van der Waals surface area contributed by atoms with E-state index < -0.39 is 0 Å². The van der Waals surface area contributed by atoms with Gasteiger partial charge in [-0.25, -0.2) is 4.99 Å². The van der Waals surface area contributed by atoms with Crippen LogP contribution < -0.4 is 10.6 Å². The van der Waals surface area contributed by atoms with Crippen molar-refractivity contribution in [3.05, 3.63) is 59.7 Å². The zero-order valence-electron chi connectivity index (χ0n) is 12.8. The molecule has 0 heterocycles. The Bertz CT molecular complexity index is 766. The fraction of sp³-hybridized carbons (Fsp3) is 0.118. The van der Waals surface area contributed by atoms with Crippen LogP contribution in [-0.2, 0) is 0 Å². The first kappa shape index (κ1) is 16.6. The predicted octanol–water partition coefficient (Wildman–Crippen LogP) is 3.67. The van der Waals surface area contributed by atoms with Gasteiger partial charge in [0.15, 0.2) is 11.4 Å². The third-order valence-corrected chi connectivity index (χ3v) is 3.60. The Kier molecular flexibility index (Phi) is 5.78. The topological polar surface area (TPSA) is 77.3 Å². The molecule has 0 aliphatic carbocycles. The number of carbonyl (C=O) groups is 1. The van der Waals surface area contributed by atoms with Crippen molar-refractivity contribution in [1.82, 2.24) is 5.32 Å². The summed E-state index contributed by atoms with van der Waals surface area (Å²) >= 11 is 1.32. The molecule has 0 bridgehead atoms. The average molecular weight is 324 g/mol. The molecule has 0 atom stereocenters. The van der Waals surface area contributed by atoms with Crippen LogP contribution in [0.4, 0.5) is 11.4 Å². The number of nitrogens with zero attached hydrogens (tertiary/aromatic N) is 2. The lowest BCUT2D eigenvalue weighted by Crippen LogP contribution is -2.14. The van der Waals surface area contributed by atoms with E-state index in [2.05, 4.69) is 15.6 Å². The second-order valence-corrected chi connectivity index (χ2v) is 5.49. The quantitative estimate of drug-likeness (QED) is 0.391. The van der Waals surface area contributed by atoms with Crippen LogP contribution in [0.25, 0.3) is 0 Å². The van der Waals surface area contributed by atoms with Crippen LogP contribution in [0.5, 0.6) is 0 Å². The summed E-state index contributed by atoms with van der Waals surface area (Å²) in [6.07, 6.45) is 3.67. The van der Waals surface area contributed by atoms with Gasteiger partial charge in [0.2, 0.25) is 0 Å². The molecule has 5 nitrogen and oxygen atoms in total. The predicted molar refractivity (Wildman–Crippen MR) is 94.9 cm³/mol. The first-order chi connectivity index (χ1) is 11.1. The van der Waals surface area contributed by atoms with Crippen molar-refractivity contribution in [2.24, 2.45) is 4.99 Å². The standard InChI is InChI=1S/C17H16N4OS/c1-12-8-9-14(15(10-12)21-17(23-2)19-11-18)20-16(22)13-6-4-3-5-7-13/h3-10H,1-2H3,(H,19,21)(H,20,22). The molecule has 0 unspecified atom stereocenters. The number of anilines is 1. The molecule has 0 aliphatic rings. The van der Waals surface area contributed by atoms with Gasteiger partial charge >= 0.3 is 0 Å². The maximum atomic E-state index is 12.3. The van der Waals surface area contributed by atoms with E-state index in [0.29, 0.717) is 22.1 Å². The molecule has 0 fully saturated rings. The van der Waals surface area contributed by atoms with Crippen LogP contribution in [0.3, 0.4) is 0 Å². The van der Waals surface area contributed by atoms with Crippen LogP contribution in [0.1, 0.15) is 15.9 Å². The summed E-state index contributed by atoms with van der Waals surface area (Å²) < 4.78 is 0. The van der Waals surface area contributed by atoms with Crippen molar-refractivity contribution in [3.8, 4) is 6.19 Å². The minimum Gasteiger partial charge on any atom is -0.320 e. The Morgan fingerprint density at radius 2 is 1.96 bits per heavy atom. The summed E-state index contributed by atoms with van der Waals surface area (Å²) in [5, 5.41) is 14.6. The van der Waals surface area contributed by atoms with Crippen LogP contribution in [0.15, 0.2) is 53.5 Å². The van der Waals surface area contributed by atoms with Gasteiger partial charge in [-0.3, -0.25) is 10.1 Å². The van der Waals surface area contributed by atoms with Gasteiger partial charge in [-0.15, -0.1) is 0 Å². The molecule has 2 aromatic carbocycles. The van der Waals surface area contributed by atoms with Gasteiger partial charge < -0.3 is 5.32 Å². The Morgan fingerprint density at radius 1 is 1.22 bits per heavy atom. The molecule has 23 heavy (non-hydrogen) atoms. The molecule has 0 spiro atoms. The highest BCUT2D eigenvalue weighted by atomic mass is 32.2. The van der Waals surface area contributed by atoms with E-state index in [1.54, 1.807) is 18.2 Å². The summed E-state index contributed by atoms with van der Waals surface area (Å²) in [6.45, 7) is 1.94. The van der Waals surface area contributed by atoms with Crippen LogP contribution in [0.2, 0.25) is 0 Å². The number of aliphatic imine (C=N–C) groups is 1. The lowest BCUT2D eigenvalue weighted by molar-refractivity contribution is 0.102. The van der Waals surface area contributed by atoms with Gasteiger partial charge in [0.25, 0.3) is 5.91 Å². The molecule has 116 valence electrons. The van der Waals surface area contributed by atoms with E-state index in [0.717, 1.165) is 5.56 Å². The third kappa shape index (κ3) is 4.59. The molecular formula is C17H16N4OS. The third-order valence-electron chi connectivity index (χ3n) is 3.02. The molecule has 0 aliphatic heterocycles. The smallest absolute Gasteiger partial charge is 0.255 e. The van der Waals surface area contributed by atoms with Gasteiger partial charge in [-0.2, -0.15) is 5.26 Å². The molecule has 1 amide bonds. The Morgan fingerprint density at radius 3 is 2.61 bits per heavy atom. The normalized spacial score (nSPS) is 10.7. The molecule has 6 heteroatoms. The number of thioether (sulfide) groups is 1. The SMILES string of the molecule is CSC(=Nc1cc(C)ccc1NC(=O)c1ccccc1)NC#N. The lowest BCUT2D eigenvalue weighted by atomic mass is 10.1. The van der Waals surface area contributed by atoms with Gasteiger partial charge in [0, 0.05) is 5.56 Å². The summed E-state index contributed by atoms with van der Waals surface area (Å²) in [6, 6.07) is 14.5. The first-order valence-electron chi connectivity index (χ1n) is 6.89. The fourth-order valence-corrected chi connectivity index (χ4v) is 2.24. The summed E-state index contributed by atoms with van der Waals surface area (Å²) in [7, 11) is 0. The number of benzene rings is 2. The van der Waals surface area contributed by atoms with Crippen molar-refractivity contribution < 1.29 is 4.79 Å². The zero-order valence-corrected chi connectivity index (χ0v) is 13.6. The Balaban J connectivity index is 2.32. The monoisotopic (exact) mass is 324 g/mol. The van der Waals surface area contributed by atoms with E-state index in [-0.39, 0.29) is 5.91 Å². The molecule has 0 aromatic heterocycles. The minimum absolute atomic E-state index is 0.204. The molecular weight excluding hydrogens is 308 g/mol. The number of hydrogen-bond donors (Lipinski definition) is 2. The number of hydrogen-bond acceptors (Lipinski definition) is 4. The number of nitriles is 1. The summed E-state index contributed by atoms with van der Waals surface area (Å²) in [5.41, 5.74) is 2.78. The number of aryl methyl sites for hydroxylation is 1. The molecule has 0 saturated carbocycles. The molecule has 0 radical (unpaired) electrons. The van der Waals surface area contributed by atoms with Crippen molar-refractivity contribution in [1.29, 1.82) is 5.26 Å². The van der Waals surface area contributed by atoms with E-state index in [4.69, 9.17) is 5.26 Å². The van der Waals surface area contributed by atoms with E-state index >= 15 is 0 Å². The molecule has 2 aromatic rings. The van der Waals surface area contributed by atoms with Crippen LogP contribution >= 0.6 is 11.8 Å². The summed E-state index contributed by atoms with van der Waals surface area (Å²) in [5.74, 6) is -0.204. The highest BCUT2D eigenvalue weighted by molar-refractivity contribution is 8.13.